The van der Waals surface area contributed by atoms with Crippen molar-refractivity contribution in [1.82, 2.24) is 29.1 Å². The van der Waals surface area contributed by atoms with Gasteiger partial charge >= 0.3 is 11.7 Å². The number of likely N-dealkylation sites (N-methyl/N-ethyl adjacent to an activating group) is 2. The van der Waals surface area contributed by atoms with Gasteiger partial charge in [-0.05, 0) is 74.4 Å². The number of aliphatic hydroxyl groups is 12. The van der Waals surface area contributed by atoms with Crippen molar-refractivity contribution in [3.8, 4) is 11.4 Å². The number of esters is 1. The zero-order valence-electron chi connectivity index (χ0n) is 49.5. The van der Waals surface area contributed by atoms with E-state index in [2.05, 4.69) is 29.5 Å². The molecule has 0 amide bonds. The first-order valence-corrected chi connectivity index (χ1v) is 30.0. The first kappa shape index (κ1) is 73.7. The Morgan fingerprint density at radius 1 is 0.764 bits per heavy atom. The second-order valence-electron chi connectivity index (χ2n) is 21.4. The molecule has 7 rings (SSSR count). The SMILES string of the molecule is CCC([C@H](C)OC(=O)C(O)C(O)COP(=O)([O-])[O-])n1ncn(-c2ccc(N3CCN(c4ccc(OC[C@@H]5CO[C@@](Cn6cncn6)(c6ccc(F)cc6F)C5)cc4)CC3)cc2)c1=O.C[NH2+]C[C@H](O)[C@@H](O)[C@H](O)[C@H](O)CO.C[NH2+]C[C@H](O)[C@@H](O)[C@H](O)[C@H](O)CO. The van der Waals surface area contributed by atoms with Crippen LogP contribution in [0.2, 0.25) is 0 Å². The number of ether oxygens (including phenoxy) is 3. The van der Waals surface area contributed by atoms with Gasteiger partial charge in [0.15, 0.2) is 6.10 Å². The van der Waals surface area contributed by atoms with E-state index in [0.29, 0.717) is 37.5 Å². The van der Waals surface area contributed by atoms with Gasteiger partial charge in [-0.15, -0.1) is 0 Å². The third-order valence-corrected chi connectivity index (χ3v) is 15.3. The smallest absolute Gasteiger partial charge is 0.350 e. The molecule has 5 aromatic rings. The van der Waals surface area contributed by atoms with E-state index in [0.717, 1.165) is 48.3 Å². The quantitative estimate of drug-likeness (QED) is 0.0150. The van der Waals surface area contributed by atoms with Crippen LogP contribution in [0.15, 0.2) is 90.5 Å². The number of nitrogens with zero attached hydrogens (tertiary/aromatic N) is 8. The lowest BCUT2D eigenvalue weighted by Crippen LogP contribution is -2.83. The van der Waals surface area contributed by atoms with Crippen molar-refractivity contribution in [3.63, 3.8) is 0 Å². The van der Waals surface area contributed by atoms with Crippen LogP contribution in [-0.2, 0) is 35.5 Å². The molecule has 0 radical (unpaired) electrons. The largest absolute Gasteiger partial charge is 0.790 e. The Hall–Kier alpha value is -6.02. The minimum Gasteiger partial charge on any atom is -0.790 e. The first-order valence-electron chi connectivity index (χ1n) is 28.6. The number of aliphatic hydroxyl groups excluding tert-OH is 12. The van der Waals surface area contributed by atoms with Gasteiger partial charge in [-0.3, -0.25) is 0 Å². The number of hydrogen-bond donors (Lipinski definition) is 14. The number of quaternary nitrogens is 2. The number of rotatable bonds is 30. The summed E-state index contributed by atoms with van der Waals surface area (Å²) < 4.78 is 65.1. The fourth-order valence-corrected chi connectivity index (χ4v) is 10.2. The van der Waals surface area contributed by atoms with Crippen molar-refractivity contribution in [3.05, 3.63) is 113 Å². The Morgan fingerprint density at radius 2 is 1.29 bits per heavy atom. The standard InChI is InChI=1S/C41H49F2N8O11P.2C7H17NO5/c1-3-36(27(2)62-39(54)38(53)37(52)22-61-63(56,57)58)51-40(55)50(26-46-51)32-7-5-30(6-8-32)47-14-16-48(17-15-47)31-9-11-33(12-10-31)59-20-28-19-41(60-21-28,23-49-25-44-24-45-49)34-13-4-29(42)18-35(34)43;2*1-8-2-4(10)6(12)7(13)5(11)3-9/h4-13,18,24-28,36-38,52-53H,3,14-17,19-23H2,1-2H3,(H2,56,57,58);2*4-13H,2-3H2,1H3/t27-,28+,36?,37?,38?,41-;2*4-,5+,6+,7+/m000/s1. The summed E-state index contributed by atoms with van der Waals surface area (Å²) in [5, 5.41) is 122. The first-order chi connectivity index (χ1) is 42.2. The number of carbonyl (C=O) groups excluding carboxylic acids is 1. The highest BCUT2D eigenvalue weighted by atomic mass is 31.2. The lowest BCUT2D eigenvalue weighted by atomic mass is 9.87. The van der Waals surface area contributed by atoms with E-state index in [1.165, 1.54) is 42.6 Å². The summed E-state index contributed by atoms with van der Waals surface area (Å²) in [6.07, 6.45) is -11.3. The number of halogens is 2. The summed E-state index contributed by atoms with van der Waals surface area (Å²) in [5.74, 6) is -2.02. The van der Waals surface area contributed by atoms with Gasteiger partial charge < -0.3 is 115 Å². The average Bonchev–Trinajstić information content (AvgIpc) is 1.87. The van der Waals surface area contributed by atoms with Crippen LogP contribution in [0.3, 0.4) is 0 Å². The van der Waals surface area contributed by atoms with Gasteiger partial charge in [-0.1, -0.05) is 13.0 Å². The third-order valence-electron chi connectivity index (χ3n) is 14.9. The molecular weight excluding hydrogens is 1210 g/mol. The molecule has 0 aliphatic carbocycles. The molecule has 2 aliphatic rings. The molecule has 14 atom stereocenters. The Labute approximate surface area is 510 Å². The summed E-state index contributed by atoms with van der Waals surface area (Å²) in [6, 6.07) is 18.0. The molecule has 3 aromatic carbocycles. The van der Waals surface area contributed by atoms with Gasteiger partial charge in [0, 0.05) is 55.1 Å². The van der Waals surface area contributed by atoms with Crippen LogP contribution < -0.4 is 40.6 Å². The average molecular weight is 1290 g/mol. The van der Waals surface area contributed by atoms with Crippen molar-refractivity contribution in [2.24, 2.45) is 5.92 Å². The number of phosphoric acid groups is 1. The maximum atomic E-state index is 15.0. The van der Waals surface area contributed by atoms with E-state index in [4.69, 9.17) is 44.8 Å². The van der Waals surface area contributed by atoms with Crippen LogP contribution in [-0.4, -0.2) is 250 Å². The lowest BCUT2D eigenvalue weighted by Gasteiger charge is -2.37. The van der Waals surface area contributed by atoms with E-state index < -0.39 is 130 Å². The predicted molar refractivity (Wildman–Crippen MR) is 304 cm³/mol. The Morgan fingerprint density at radius 3 is 1.78 bits per heavy atom. The van der Waals surface area contributed by atoms with Crippen molar-refractivity contribution < 1.29 is 119 Å². The summed E-state index contributed by atoms with van der Waals surface area (Å²) in [4.78, 5) is 55.8. The number of nitrogens with two attached hydrogens (primary N) is 2. The zero-order valence-corrected chi connectivity index (χ0v) is 50.4. The molecular formula is C55H83F2N10O21P. The normalized spacial score (nSPS) is 20.2. The number of aromatic nitrogens is 6. The highest BCUT2D eigenvalue weighted by Crippen LogP contribution is 2.42. The fraction of sp³-hybridized carbons (Fsp3) is 0.582. The topological polar surface area (TPSA) is 470 Å². The number of hydrogen-bond acceptors (Lipinski definition) is 26. The molecule has 2 aliphatic heterocycles. The minimum atomic E-state index is -5.44. The van der Waals surface area contributed by atoms with Crippen molar-refractivity contribution in [1.29, 1.82) is 0 Å². The van der Waals surface area contributed by atoms with Crippen LogP contribution in [0.1, 0.15) is 38.3 Å². The molecule has 0 spiro atoms. The molecule has 2 saturated heterocycles. The van der Waals surface area contributed by atoms with Crippen LogP contribution in [0.4, 0.5) is 20.2 Å². The molecule has 31 nitrogen and oxygen atoms in total. The molecule has 0 bridgehead atoms. The highest BCUT2D eigenvalue weighted by Gasteiger charge is 2.45. The molecule has 498 valence electrons. The van der Waals surface area contributed by atoms with Gasteiger partial charge in [0.2, 0.25) is 0 Å². The Bertz CT molecular complexity index is 2960. The second-order valence-corrected chi connectivity index (χ2v) is 22.5. The molecule has 3 unspecified atom stereocenters. The summed E-state index contributed by atoms with van der Waals surface area (Å²) in [6.45, 7) is 5.09. The molecule has 89 heavy (non-hydrogen) atoms. The molecule has 0 saturated carbocycles. The number of phosphoric ester groups is 1. The number of piperazine rings is 1. The summed E-state index contributed by atoms with van der Waals surface area (Å²) in [7, 11) is -2.05. The maximum absolute atomic E-state index is 15.0. The predicted octanol–water partition coefficient (Wildman–Crippen LogP) is -7.08. The van der Waals surface area contributed by atoms with Gasteiger partial charge in [-0.25, -0.2) is 37.3 Å². The molecule has 34 heteroatoms. The van der Waals surface area contributed by atoms with Crippen LogP contribution in [0.5, 0.6) is 5.75 Å². The van der Waals surface area contributed by atoms with Crippen molar-refractivity contribution in [2.75, 3.05) is 96.2 Å². The lowest BCUT2D eigenvalue weighted by molar-refractivity contribution is -0.635. The van der Waals surface area contributed by atoms with E-state index in [1.807, 2.05) is 36.4 Å². The van der Waals surface area contributed by atoms with Gasteiger partial charge in [0.25, 0.3) is 0 Å². The number of anilines is 2. The number of benzene rings is 3. The van der Waals surface area contributed by atoms with E-state index >= 15 is 4.39 Å². The van der Waals surface area contributed by atoms with E-state index in [1.54, 1.807) is 48.5 Å². The monoisotopic (exact) mass is 1290 g/mol. The fourth-order valence-electron chi connectivity index (χ4n) is 9.86. The Kier molecular flexibility index (Phi) is 29.0. The van der Waals surface area contributed by atoms with Gasteiger partial charge in [0.05, 0.1) is 73.2 Å². The maximum Gasteiger partial charge on any atom is 0.350 e. The minimum absolute atomic E-state index is 0.0578. The summed E-state index contributed by atoms with van der Waals surface area (Å²) in [5.41, 5.74) is 1.26. The van der Waals surface area contributed by atoms with E-state index in [9.17, 15) is 59.0 Å². The molecule has 2 fully saturated rings. The zero-order chi connectivity index (χ0) is 65.8. The van der Waals surface area contributed by atoms with Crippen molar-refractivity contribution >= 4 is 25.2 Å². The molecule has 2 aromatic heterocycles. The molecule has 16 N–H and O–H groups in total. The van der Waals surface area contributed by atoms with Crippen LogP contribution in [0.25, 0.3) is 5.69 Å². The summed E-state index contributed by atoms with van der Waals surface area (Å²) >= 11 is 0. The van der Waals surface area contributed by atoms with Crippen molar-refractivity contribution in [2.45, 2.75) is 112 Å². The van der Waals surface area contributed by atoms with Crippen LogP contribution in [0, 0.1) is 17.6 Å². The van der Waals surface area contributed by atoms with Gasteiger partial charge in [0.1, 0.15) is 116 Å². The number of carbonyl (C=O) groups is 1. The molecule has 4 heterocycles. The van der Waals surface area contributed by atoms with E-state index in [-0.39, 0.29) is 31.1 Å². The van der Waals surface area contributed by atoms with Crippen LogP contribution >= 0.6 is 7.82 Å². The second kappa shape index (κ2) is 35.0. The van der Waals surface area contributed by atoms with Gasteiger partial charge in [-0.2, -0.15) is 10.2 Å². The highest BCUT2D eigenvalue weighted by molar-refractivity contribution is 7.43. The Balaban J connectivity index is 0.000000460. The third kappa shape index (κ3) is 21.0.